The number of halogens is 1. The lowest BCUT2D eigenvalue weighted by Crippen LogP contribution is -2.49. The molecule has 0 aliphatic carbocycles. The quantitative estimate of drug-likeness (QED) is 0.574. The molecule has 6 nitrogen and oxygen atoms in total. The van der Waals surface area contributed by atoms with Crippen molar-refractivity contribution in [1.82, 2.24) is 5.32 Å². The molecule has 8 heteroatoms. The molecule has 0 aromatic heterocycles. The van der Waals surface area contributed by atoms with E-state index in [0.29, 0.717) is 30.1 Å². The lowest BCUT2D eigenvalue weighted by Gasteiger charge is -2.30. The third-order valence-electron chi connectivity index (χ3n) is 4.51. The SMILES string of the molecule is CCC(C(=O)NCCCc1ccccc1OC)N(c1cccc(Cl)c1)S(C)(=O)=O. The molecule has 2 rings (SSSR count). The van der Waals surface area contributed by atoms with Crippen molar-refractivity contribution in [2.45, 2.75) is 32.2 Å². The number of anilines is 1. The number of nitrogens with zero attached hydrogens (tertiary/aromatic N) is 1. The van der Waals surface area contributed by atoms with E-state index >= 15 is 0 Å². The monoisotopic (exact) mass is 438 g/mol. The number of para-hydroxylation sites is 1. The van der Waals surface area contributed by atoms with E-state index in [1.165, 1.54) is 0 Å². The summed E-state index contributed by atoms with van der Waals surface area (Å²) in [6, 6.07) is 13.4. The van der Waals surface area contributed by atoms with Gasteiger partial charge in [-0.2, -0.15) is 0 Å². The van der Waals surface area contributed by atoms with Gasteiger partial charge < -0.3 is 10.1 Å². The average Bonchev–Trinajstić information content (AvgIpc) is 2.68. The van der Waals surface area contributed by atoms with Gasteiger partial charge in [0, 0.05) is 11.6 Å². The van der Waals surface area contributed by atoms with Crippen LogP contribution in [0.1, 0.15) is 25.3 Å². The van der Waals surface area contributed by atoms with Gasteiger partial charge in [-0.15, -0.1) is 0 Å². The standard InChI is InChI=1S/C21H27ClN2O4S/c1-4-19(24(29(3,26)27)18-12-7-11-17(22)15-18)21(25)23-14-8-10-16-9-5-6-13-20(16)28-2/h5-7,9,11-13,15,19H,4,8,10,14H2,1-3H3,(H,23,25). The first kappa shape index (κ1) is 23.0. The van der Waals surface area contributed by atoms with E-state index in [1.54, 1.807) is 38.3 Å². The summed E-state index contributed by atoms with van der Waals surface area (Å²) in [6.45, 7) is 2.21. The molecule has 1 amide bonds. The molecule has 0 bridgehead atoms. The van der Waals surface area contributed by atoms with E-state index in [0.717, 1.165) is 28.3 Å². The summed E-state index contributed by atoms with van der Waals surface area (Å²) in [4.78, 5) is 12.8. The van der Waals surface area contributed by atoms with Gasteiger partial charge in [-0.1, -0.05) is 42.8 Å². The molecule has 0 aliphatic rings. The normalized spacial score (nSPS) is 12.3. The van der Waals surface area contributed by atoms with Crippen LogP contribution in [0.2, 0.25) is 5.02 Å². The smallest absolute Gasteiger partial charge is 0.243 e. The van der Waals surface area contributed by atoms with E-state index in [2.05, 4.69) is 5.32 Å². The van der Waals surface area contributed by atoms with Gasteiger partial charge in [0.25, 0.3) is 0 Å². The maximum Gasteiger partial charge on any atom is 0.243 e. The van der Waals surface area contributed by atoms with Crippen LogP contribution in [-0.4, -0.2) is 40.3 Å². The van der Waals surface area contributed by atoms with Crippen molar-refractivity contribution in [1.29, 1.82) is 0 Å². The number of aryl methyl sites for hydroxylation is 1. The van der Waals surface area contributed by atoms with Gasteiger partial charge in [-0.05, 0) is 49.1 Å². The van der Waals surface area contributed by atoms with Crippen molar-refractivity contribution in [3.05, 3.63) is 59.1 Å². The van der Waals surface area contributed by atoms with Crippen molar-refractivity contribution in [3.8, 4) is 5.75 Å². The number of ether oxygens (including phenoxy) is 1. The number of rotatable bonds is 10. The van der Waals surface area contributed by atoms with Gasteiger partial charge in [-0.3, -0.25) is 9.10 Å². The minimum absolute atomic E-state index is 0.331. The number of methoxy groups -OCH3 is 1. The molecular formula is C21H27ClN2O4S. The van der Waals surface area contributed by atoms with Crippen molar-refractivity contribution < 1.29 is 17.9 Å². The molecule has 0 saturated carbocycles. The first-order chi connectivity index (χ1) is 13.8. The van der Waals surface area contributed by atoms with Crippen molar-refractivity contribution in [3.63, 3.8) is 0 Å². The Balaban J connectivity index is 2.06. The molecule has 0 heterocycles. The Labute approximate surface area is 177 Å². The van der Waals surface area contributed by atoms with Crippen LogP contribution in [0.15, 0.2) is 48.5 Å². The zero-order valence-corrected chi connectivity index (χ0v) is 18.5. The van der Waals surface area contributed by atoms with E-state index in [-0.39, 0.29) is 5.91 Å². The van der Waals surface area contributed by atoms with E-state index in [4.69, 9.17) is 16.3 Å². The predicted octanol–water partition coefficient (Wildman–Crippen LogP) is 3.64. The van der Waals surface area contributed by atoms with Crippen LogP contribution in [0, 0.1) is 0 Å². The van der Waals surface area contributed by atoms with Crippen LogP contribution in [0.3, 0.4) is 0 Å². The van der Waals surface area contributed by atoms with E-state index in [1.807, 2.05) is 24.3 Å². The van der Waals surface area contributed by atoms with Crippen molar-refractivity contribution in [2.24, 2.45) is 0 Å². The van der Waals surface area contributed by atoms with Crippen LogP contribution in [0.5, 0.6) is 5.75 Å². The highest BCUT2D eigenvalue weighted by atomic mass is 35.5. The summed E-state index contributed by atoms with van der Waals surface area (Å²) in [5.74, 6) is 0.479. The Hall–Kier alpha value is -2.25. The van der Waals surface area contributed by atoms with Crippen LogP contribution in [0.4, 0.5) is 5.69 Å². The number of carbonyl (C=O) groups excluding carboxylic acids is 1. The molecule has 0 aliphatic heterocycles. The molecule has 0 radical (unpaired) electrons. The average molecular weight is 439 g/mol. The van der Waals surface area contributed by atoms with Gasteiger partial charge in [-0.25, -0.2) is 8.42 Å². The third-order valence-corrected chi connectivity index (χ3v) is 5.92. The second-order valence-electron chi connectivity index (χ2n) is 6.67. The first-order valence-electron chi connectivity index (χ1n) is 9.42. The first-order valence-corrected chi connectivity index (χ1v) is 11.6. The van der Waals surface area contributed by atoms with Gasteiger partial charge in [0.1, 0.15) is 11.8 Å². The Morgan fingerprint density at radius 1 is 1.21 bits per heavy atom. The molecule has 1 unspecified atom stereocenters. The fourth-order valence-corrected chi connectivity index (χ4v) is 4.58. The predicted molar refractivity (Wildman–Crippen MR) is 117 cm³/mol. The van der Waals surface area contributed by atoms with Crippen LogP contribution in [0.25, 0.3) is 0 Å². The van der Waals surface area contributed by atoms with Crippen molar-refractivity contribution >= 4 is 33.2 Å². The minimum atomic E-state index is -3.68. The summed E-state index contributed by atoms with van der Waals surface area (Å²) in [5, 5.41) is 3.27. The molecule has 0 saturated heterocycles. The third kappa shape index (κ3) is 6.37. The second-order valence-corrected chi connectivity index (χ2v) is 8.97. The van der Waals surface area contributed by atoms with Crippen LogP contribution in [-0.2, 0) is 21.2 Å². The number of hydrogen-bond acceptors (Lipinski definition) is 4. The Bertz CT molecular complexity index is 934. The Kier molecular flexibility index (Phi) is 8.34. The highest BCUT2D eigenvalue weighted by Crippen LogP contribution is 2.25. The number of benzene rings is 2. The largest absolute Gasteiger partial charge is 0.496 e. The maximum absolute atomic E-state index is 12.8. The molecule has 2 aromatic carbocycles. The summed E-state index contributed by atoms with van der Waals surface area (Å²) in [6.07, 6.45) is 2.87. The second kappa shape index (κ2) is 10.5. The topological polar surface area (TPSA) is 75.7 Å². The molecule has 1 N–H and O–H groups in total. The zero-order valence-electron chi connectivity index (χ0n) is 16.9. The fourth-order valence-electron chi connectivity index (χ4n) is 3.19. The zero-order chi connectivity index (χ0) is 21.4. The fraction of sp³-hybridized carbons (Fsp3) is 0.381. The summed E-state index contributed by atoms with van der Waals surface area (Å²) < 4.78 is 31.3. The Morgan fingerprint density at radius 3 is 2.55 bits per heavy atom. The van der Waals surface area contributed by atoms with Gasteiger partial charge >= 0.3 is 0 Å². The highest BCUT2D eigenvalue weighted by molar-refractivity contribution is 7.92. The van der Waals surface area contributed by atoms with Crippen molar-refractivity contribution in [2.75, 3.05) is 24.2 Å². The number of sulfonamides is 1. The van der Waals surface area contributed by atoms with Gasteiger partial charge in [0.05, 0.1) is 19.1 Å². The summed E-state index contributed by atoms with van der Waals surface area (Å²) in [5.41, 5.74) is 1.43. The van der Waals surface area contributed by atoms with Gasteiger partial charge in [0.2, 0.25) is 15.9 Å². The lowest BCUT2D eigenvalue weighted by atomic mass is 10.1. The molecule has 0 spiro atoms. The van der Waals surface area contributed by atoms with Crippen LogP contribution < -0.4 is 14.4 Å². The molecule has 0 fully saturated rings. The summed E-state index contributed by atoms with van der Waals surface area (Å²) >= 11 is 6.02. The summed E-state index contributed by atoms with van der Waals surface area (Å²) in [7, 11) is -2.05. The van der Waals surface area contributed by atoms with E-state index in [9.17, 15) is 13.2 Å². The number of carbonyl (C=O) groups is 1. The Morgan fingerprint density at radius 2 is 1.93 bits per heavy atom. The number of amides is 1. The number of nitrogens with one attached hydrogen (secondary N) is 1. The molecule has 1 atom stereocenters. The lowest BCUT2D eigenvalue weighted by molar-refractivity contribution is -0.122. The molecule has 158 valence electrons. The maximum atomic E-state index is 12.8. The highest BCUT2D eigenvalue weighted by Gasteiger charge is 2.31. The minimum Gasteiger partial charge on any atom is -0.496 e. The molecule has 29 heavy (non-hydrogen) atoms. The van der Waals surface area contributed by atoms with Gasteiger partial charge in [0.15, 0.2) is 0 Å². The molecule has 2 aromatic rings. The number of hydrogen-bond donors (Lipinski definition) is 1. The van der Waals surface area contributed by atoms with Crippen LogP contribution >= 0.6 is 11.6 Å². The van der Waals surface area contributed by atoms with E-state index < -0.39 is 16.1 Å². The molecular weight excluding hydrogens is 412 g/mol.